The Bertz CT molecular complexity index is 424. The van der Waals surface area contributed by atoms with E-state index in [1.165, 1.54) is 6.33 Å². The topological polar surface area (TPSA) is 75.3 Å². The van der Waals surface area contributed by atoms with Gasteiger partial charge in [0.1, 0.15) is 17.2 Å². The zero-order valence-electron chi connectivity index (χ0n) is 8.85. The average molecular weight is 242 g/mol. The maximum Gasteiger partial charge on any atom is 0.241 e. The van der Waals surface area contributed by atoms with Crippen molar-refractivity contribution in [3.05, 3.63) is 11.3 Å². The summed E-state index contributed by atoms with van der Waals surface area (Å²) in [6.45, 7) is 1.62. The Morgan fingerprint density at radius 2 is 2.19 bits per heavy atom. The summed E-state index contributed by atoms with van der Waals surface area (Å²) in [5.41, 5.74) is 5.58. The predicted octanol–water partition coefficient (Wildman–Crippen LogP) is -0.00940. The van der Waals surface area contributed by atoms with E-state index in [1.807, 2.05) is 4.90 Å². The molecule has 0 saturated carbocycles. The minimum Gasteiger partial charge on any atom is -0.382 e. The third kappa shape index (κ3) is 1.88. The summed E-state index contributed by atoms with van der Waals surface area (Å²) in [5, 5.41) is 0.305. The van der Waals surface area contributed by atoms with Gasteiger partial charge in [0.25, 0.3) is 0 Å². The number of aromatic nitrogens is 2. The molecule has 2 heterocycles. The van der Waals surface area contributed by atoms with Gasteiger partial charge in [0.2, 0.25) is 5.91 Å². The maximum absolute atomic E-state index is 11.5. The van der Waals surface area contributed by atoms with Crippen molar-refractivity contribution in [1.29, 1.82) is 0 Å². The Morgan fingerprint density at radius 1 is 1.44 bits per heavy atom. The number of nitrogens with zero attached hydrogens (tertiary/aromatic N) is 4. The molecule has 0 atom stereocenters. The number of amides is 1. The SMILES string of the molecule is CN1CCN(c2ncnc(N)c2Cl)CC1=O. The third-order valence-electron chi connectivity index (χ3n) is 2.55. The van der Waals surface area contributed by atoms with Crippen LogP contribution in [0.3, 0.4) is 0 Å². The Hall–Kier alpha value is -1.56. The second-order valence-corrected chi connectivity index (χ2v) is 4.01. The Morgan fingerprint density at radius 3 is 2.88 bits per heavy atom. The van der Waals surface area contributed by atoms with Gasteiger partial charge in [-0.25, -0.2) is 9.97 Å². The quantitative estimate of drug-likeness (QED) is 0.749. The molecule has 0 aliphatic carbocycles. The summed E-state index contributed by atoms with van der Waals surface area (Å²) in [5.74, 6) is 0.799. The molecular weight excluding hydrogens is 230 g/mol. The van der Waals surface area contributed by atoms with E-state index in [-0.39, 0.29) is 18.3 Å². The van der Waals surface area contributed by atoms with Crippen LogP contribution in [0.2, 0.25) is 5.02 Å². The Kier molecular flexibility index (Phi) is 2.82. The van der Waals surface area contributed by atoms with Gasteiger partial charge in [0.05, 0.1) is 6.54 Å². The fourth-order valence-corrected chi connectivity index (χ4v) is 1.75. The predicted molar refractivity (Wildman–Crippen MR) is 61.3 cm³/mol. The fraction of sp³-hybridized carbons (Fsp3) is 0.444. The van der Waals surface area contributed by atoms with Gasteiger partial charge >= 0.3 is 0 Å². The highest BCUT2D eigenvalue weighted by Crippen LogP contribution is 2.27. The van der Waals surface area contributed by atoms with Gasteiger partial charge in [0, 0.05) is 20.1 Å². The van der Waals surface area contributed by atoms with Gasteiger partial charge in [-0.2, -0.15) is 0 Å². The number of anilines is 2. The molecule has 1 aliphatic rings. The molecule has 0 aromatic carbocycles. The zero-order valence-corrected chi connectivity index (χ0v) is 9.61. The van der Waals surface area contributed by atoms with Crippen LogP contribution < -0.4 is 10.6 Å². The monoisotopic (exact) mass is 241 g/mol. The van der Waals surface area contributed by atoms with Crippen molar-refractivity contribution < 1.29 is 4.79 Å². The first-order valence-corrected chi connectivity index (χ1v) is 5.22. The standard InChI is InChI=1S/C9H12ClN5O/c1-14-2-3-15(4-6(14)16)9-7(10)8(11)12-5-13-9/h5H,2-4H2,1H3,(H2,11,12,13). The minimum atomic E-state index is 0.0412. The van der Waals surface area contributed by atoms with Crippen LogP contribution in [0, 0.1) is 0 Å². The van der Waals surface area contributed by atoms with Crippen LogP contribution in [0.1, 0.15) is 0 Å². The Balaban J connectivity index is 2.25. The van der Waals surface area contributed by atoms with Crippen molar-refractivity contribution in [1.82, 2.24) is 14.9 Å². The number of nitrogen functional groups attached to an aromatic ring is 1. The molecule has 1 aromatic rings. The summed E-state index contributed by atoms with van der Waals surface area (Å²) in [4.78, 5) is 22.9. The molecule has 1 amide bonds. The first-order valence-electron chi connectivity index (χ1n) is 4.84. The highest BCUT2D eigenvalue weighted by atomic mass is 35.5. The summed E-state index contributed by atoms with van der Waals surface area (Å²) in [6, 6.07) is 0. The Labute approximate surface area is 98.0 Å². The number of nitrogens with two attached hydrogens (primary N) is 1. The molecule has 1 aliphatic heterocycles. The number of rotatable bonds is 1. The van der Waals surface area contributed by atoms with Crippen molar-refractivity contribution in [2.75, 3.05) is 37.3 Å². The van der Waals surface area contributed by atoms with Crippen molar-refractivity contribution in [2.24, 2.45) is 0 Å². The van der Waals surface area contributed by atoms with E-state index in [1.54, 1.807) is 11.9 Å². The largest absolute Gasteiger partial charge is 0.382 e. The molecule has 2 N–H and O–H groups in total. The first-order chi connectivity index (χ1) is 7.59. The lowest BCUT2D eigenvalue weighted by atomic mass is 10.3. The molecule has 86 valence electrons. The molecule has 1 fully saturated rings. The van der Waals surface area contributed by atoms with E-state index in [0.29, 0.717) is 23.9 Å². The molecule has 0 spiro atoms. The molecule has 1 saturated heterocycles. The zero-order chi connectivity index (χ0) is 11.7. The summed E-state index contributed by atoms with van der Waals surface area (Å²) >= 11 is 5.99. The molecule has 2 rings (SSSR count). The number of piperazine rings is 1. The second-order valence-electron chi connectivity index (χ2n) is 3.63. The molecule has 6 nitrogen and oxygen atoms in total. The molecule has 1 aromatic heterocycles. The van der Waals surface area contributed by atoms with E-state index in [0.717, 1.165) is 0 Å². The number of likely N-dealkylation sites (N-methyl/N-ethyl adjacent to an activating group) is 1. The summed E-state index contributed by atoms with van der Waals surface area (Å²) < 4.78 is 0. The number of hydrogen-bond acceptors (Lipinski definition) is 5. The number of carbonyl (C=O) groups excluding carboxylic acids is 1. The van der Waals surface area contributed by atoms with Gasteiger partial charge in [-0.15, -0.1) is 0 Å². The van der Waals surface area contributed by atoms with Gasteiger partial charge < -0.3 is 15.5 Å². The highest BCUT2D eigenvalue weighted by molar-refractivity contribution is 6.35. The third-order valence-corrected chi connectivity index (χ3v) is 2.92. The van der Waals surface area contributed by atoms with E-state index < -0.39 is 0 Å². The first kappa shape index (κ1) is 10.9. The molecule has 0 unspecified atom stereocenters. The van der Waals surface area contributed by atoms with Gasteiger partial charge in [-0.1, -0.05) is 11.6 Å². The van der Waals surface area contributed by atoms with Crippen LogP contribution in [0.5, 0.6) is 0 Å². The summed E-state index contributed by atoms with van der Waals surface area (Å²) in [7, 11) is 1.77. The molecule has 16 heavy (non-hydrogen) atoms. The van der Waals surface area contributed by atoms with Crippen molar-refractivity contribution >= 4 is 29.1 Å². The number of carbonyl (C=O) groups is 1. The fourth-order valence-electron chi connectivity index (χ4n) is 1.53. The van der Waals surface area contributed by atoms with Crippen LogP contribution in [-0.4, -0.2) is 47.5 Å². The van der Waals surface area contributed by atoms with Crippen LogP contribution >= 0.6 is 11.6 Å². The molecule has 7 heteroatoms. The maximum atomic E-state index is 11.5. The molecular formula is C9H12ClN5O. The van der Waals surface area contributed by atoms with Crippen molar-refractivity contribution in [3.63, 3.8) is 0 Å². The van der Waals surface area contributed by atoms with Crippen molar-refractivity contribution in [3.8, 4) is 0 Å². The van der Waals surface area contributed by atoms with Crippen LogP contribution in [0.4, 0.5) is 11.6 Å². The smallest absolute Gasteiger partial charge is 0.241 e. The minimum absolute atomic E-state index is 0.0412. The number of hydrogen-bond donors (Lipinski definition) is 1. The van der Waals surface area contributed by atoms with E-state index >= 15 is 0 Å². The van der Waals surface area contributed by atoms with Crippen LogP contribution in [-0.2, 0) is 4.79 Å². The lowest BCUT2D eigenvalue weighted by molar-refractivity contribution is -0.129. The van der Waals surface area contributed by atoms with E-state index in [4.69, 9.17) is 17.3 Å². The van der Waals surface area contributed by atoms with E-state index in [2.05, 4.69) is 9.97 Å². The van der Waals surface area contributed by atoms with Gasteiger partial charge in [-0.05, 0) is 0 Å². The lowest BCUT2D eigenvalue weighted by Gasteiger charge is -2.33. The number of halogens is 1. The van der Waals surface area contributed by atoms with Gasteiger partial charge in [-0.3, -0.25) is 4.79 Å². The van der Waals surface area contributed by atoms with Crippen LogP contribution in [0.15, 0.2) is 6.33 Å². The normalized spacial score (nSPS) is 16.8. The molecule has 0 bridgehead atoms. The summed E-state index contributed by atoms with van der Waals surface area (Å²) in [6.07, 6.45) is 1.35. The second kappa shape index (κ2) is 4.13. The highest BCUT2D eigenvalue weighted by Gasteiger charge is 2.24. The lowest BCUT2D eigenvalue weighted by Crippen LogP contribution is -2.49. The van der Waals surface area contributed by atoms with E-state index in [9.17, 15) is 4.79 Å². The van der Waals surface area contributed by atoms with Crippen LogP contribution in [0.25, 0.3) is 0 Å². The molecule has 0 radical (unpaired) electrons. The average Bonchev–Trinajstić information content (AvgIpc) is 2.26. The van der Waals surface area contributed by atoms with Crippen molar-refractivity contribution in [2.45, 2.75) is 0 Å². The van der Waals surface area contributed by atoms with Gasteiger partial charge in [0.15, 0.2) is 5.82 Å².